The van der Waals surface area contributed by atoms with Crippen LogP contribution in [0.5, 0.6) is 0 Å². The molecule has 1 fully saturated rings. The molecule has 0 unspecified atom stereocenters. The molecule has 0 aromatic carbocycles. The van der Waals surface area contributed by atoms with Crippen LogP contribution in [0, 0.1) is 0 Å². The summed E-state index contributed by atoms with van der Waals surface area (Å²) in [7, 11) is 5.62. The van der Waals surface area contributed by atoms with Crippen molar-refractivity contribution in [2.45, 2.75) is 24.9 Å². The molecular weight excluding hydrogens is 182 g/mol. The maximum Gasteiger partial charge on any atom is 0.227 e. The Bertz CT molecular complexity index is 147. The summed E-state index contributed by atoms with van der Waals surface area (Å²) in [6.07, 6.45) is 0.785. The van der Waals surface area contributed by atoms with E-state index in [0.717, 1.165) is 6.42 Å². The first-order valence-electron chi connectivity index (χ1n) is 5.00. The van der Waals surface area contributed by atoms with Gasteiger partial charge in [0.2, 0.25) is 5.91 Å². The van der Waals surface area contributed by atoms with Gasteiger partial charge >= 0.3 is 0 Å². The van der Waals surface area contributed by atoms with Crippen molar-refractivity contribution < 1.29 is 9.47 Å². The molecule has 14 heavy (non-hydrogen) atoms. The Morgan fingerprint density at radius 1 is 1.00 bits per heavy atom. The first-order valence-corrected chi connectivity index (χ1v) is 5.00. The van der Waals surface area contributed by atoms with Crippen molar-refractivity contribution in [1.29, 1.82) is 0 Å². The van der Waals surface area contributed by atoms with Crippen LogP contribution < -0.4 is 16.0 Å². The van der Waals surface area contributed by atoms with Crippen molar-refractivity contribution in [2.75, 3.05) is 34.4 Å². The number of hydrogen-bond acceptors (Lipinski definition) is 5. The van der Waals surface area contributed by atoms with E-state index in [1.54, 1.807) is 0 Å². The second-order valence-corrected chi connectivity index (χ2v) is 3.52. The molecule has 1 rings (SSSR count). The van der Waals surface area contributed by atoms with Crippen molar-refractivity contribution in [3.63, 3.8) is 0 Å². The summed E-state index contributed by atoms with van der Waals surface area (Å²) in [4.78, 5) is 0. The average Bonchev–Trinajstić information content (AvgIpc) is 2.29. The van der Waals surface area contributed by atoms with Crippen LogP contribution in [-0.4, -0.2) is 45.9 Å². The van der Waals surface area contributed by atoms with Gasteiger partial charge in [0, 0.05) is 6.42 Å². The monoisotopic (exact) mass is 203 g/mol. The van der Waals surface area contributed by atoms with Crippen LogP contribution in [0.15, 0.2) is 0 Å². The molecule has 84 valence electrons. The van der Waals surface area contributed by atoms with Gasteiger partial charge in [-0.25, -0.2) is 0 Å². The fourth-order valence-electron chi connectivity index (χ4n) is 1.50. The molecule has 3 N–H and O–H groups in total. The predicted octanol–water partition coefficient (Wildman–Crippen LogP) is -0.548. The molecule has 1 aliphatic rings. The molecule has 0 aromatic rings. The Morgan fingerprint density at radius 2 is 1.50 bits per heavy atom. The Kier molecular flexibility index (Phi) is 3.86. The summed E-state index contributed by atoms with van der Waals surface area (Å²) < 4.78 is 11.4. The van der Waals surface area contributed by atoms with E-state index in [1.807, 2.05) is 28.1 Å². The predicted molar refractivity (Wildman–Crippen MR) is 54.8 cm³/mol. The fourth-order valence-corrected chi connectivity index (χ4v) is 1.50. The van der Waals surface area contributed by atoms with Gasteiger partial charge in [0.25, 0.3) is 0 Å². The molecule has 0 spiro atoms. The van der Waals surface area contributed by atoms with Crippen molar-refractivity contribution >= 4 is 0 Å². The van der Waals surface area contributed by atoms with Crippen LogP contribution >= 0.6 is 0 Å². The van der Waals surface area contributed by atoms with E-state index < -0.39 is 5.91 Å². The van der Waals surface area contributed by atoms with Crippen LogP contribution in [0.3, 0.4) is 0 Å². The van der Waals surface area contributed by atoms with Crippen molar-refractivity contribution in [2.24, 2.45) is 0 Å². The van der Waals surface area contributed by atoms with Gasteiger partial charge in [-0.15, -0.1) is 0 Å². The van der Waals surface area contributed by atoms with Crippen LogP contribution in [-0.2, 0) is 9.47 Å². The molecule has 0 radical (unpaired) electrons. The zero-order valence-electron chi connectivity index (χ0n) is 9.44. The molecule has 1 aliphatic heterocycles. The van der Waals surface area contributed by atoms with Crippen molar-refractivity contribution in [1.82, 2.24) is 16.0 Å². The standard InChI is InChI=1S/C9H21N3O2/c1-5-9(12-4)13-6-8(10-2,11-3)7-14-9/h10-12H,5-7H2,1-4H3. The third-order valence-electron chi connectivity index (χ3n) is 2.91. The highest BCUT2D eigenvalue weighted by molar-refractivity contribution is 4.87. The third-order valence-corrected chi connectivity index (χ3v) is 2.91. The Hall–Kier alpha value is -0.200. The van der Waals surface area contributed by atoms with Gasteiger partial charge in [-0.05, 0) is 21.1 Å². The van der Waals surface area contributed by atoms with Gasteiger partial charge in [-0.1, -0.05) is 6.92 Å². The van der Waals surface area contributed by atoms with Crippen LogP contribution in [0.4, 0.5) is 0 Å². The zero-order chi connectivity index (χ0) is 10.7. The topological polar surface area (TPSA) is 54.5 Å². The molecule has 1 heterocycles. The van der Waals surface area contributed by atoms with E-state index in [2.05, 4.69) is 16.0 Å². The Balaban J connectivity index is 2.59. The van der Waals surface area contributed by atoms with Crippen molar-refractivity contribution in [3.8, 4) is 0 Å². The summed E-state index contributed by atoms with van der Waals surface area (Å²) >= 11 is 0. The lowest BCUT2D eigenvalue weighted by atomic mass is 10.1. The second kappa shape index (κ2) is 4.55. The minimum absolute atomic E-state index is 0.268. The van der Waals surface area contributed by atoms with Gasteiger partial charge < -0.3 is 9.47 Å². The van der Waals surface area contributed by atoms with Crippen LogP contribution in [0.2, 0.25) is 0 Å². The average molecular weight is 203 g/mol. The molecule has 0 saturated carbocycles. The fraction of sp³-hybridized carbons (Fsp3) is 1.00. The minimum Gasteiger partial charge on any atom is -0.334 e. The minimum atomic E-state index is -0.614. The van der Waals surface area contributed by atoms with E-state index in [1.165, 1.54) is 0 Å². The molecule has 1 saturated heterocycles. The van der Waals surface area contributed by atoms with E-state index in [-0.39, 0.29) is 5.66 Å². The summed E-state index contributed by atoms with van der Waals surface area (Å²) in [6, 6.07) is 0. The maximum absolute atomic E-state index is 5.70. The van der Waals surface area contributed by atoms with E-state index in [4.69, 9.17) is 9.47 Å². The molecule has 0 atom stereocenters. The number of nitrogens with one attached hydrogen (secondary N) is 3. The molecule has 0 bridgehead atoms. The van der Waals surface area contributed by atoms with Gasteiger partial charge in [0.15, 0.2) is 0 Å². The Labute approximate surface area is 85.5 Å². The number of rotatable bonds is 4. The van der Waals surface area contributed by atoms with Gasteiger partial charge in [0.1, 0.15) is 5.66 Å². The van der Waals surface area contributed by atoms with Gasteiger partial charge in [0.05, 0.1) is 13.2 Å². The molecular formula is C9H21N3O2. The van der Waals surface area contributed by atoms with Crippen LogP contribution in [0.1, 0.15) is 13.3 Å². The maximum atomic E-state index is 5.70. The quantitative estimate of drug-likeness (QED) is 0.535. The Morgan fingerprint density at radius 3 is 1.79 bits per heavy atom. The smallest absolute Gasteiger partial charge is 0.227 e. The largest absolute Gasteiger partial charge is 0.334 e. The number of likely N-dealkylation sites (N-methyl/N-ethyl adjacent to an activating group) is 2. The lowest BCUT2D eigenvalue weighted by Crippen LogP contribution is -2.68. The first-order chi connectivity index (χ1) is 6.66. The van der Waals surface area contributed by atoms with Crippen LogP contribution in [0.25, 0.3) is 0 Å². The van der Waals surface area contributed by atoms with E-state index in [0.29, 0.717) is 13.2 Å². The summed E-state index contributed by atoms with van der Waals surface area (Å²) in [5, 5.41) is 9.38. The van der Waals surface area contributed by atoms with Gasteiger partial charge in [-0.2, -0.15) is 0 Å². The SMILES string of the molecule is CCC1(NC)OCC(NC)(NC)CO1. The normalized spacial score (nSPS) is 24.9. The van der Waals surface area contributed by atoms with Gasteiger partial charge in [-0.3, -0.25) is 16.0 Å². The highest BCUT2D eigenvalue weighted by Crippen LogP contribution is 2.22. The highest BCUT2D eigenvalue weighted by atomic mass is 16.7. The highest BCUT2D eigenvalue weighted by Gasteiger charge is 2.41. The number of hydrogen-bond donors (Lipinski definition) is 3. The van der Waals surface area contributed by atoms with Crippen molar-refractivity contribution in [3.05, 3.63) is 0 Å². The van der Waals surface area contributed by atoms with E-state index in [9.17, 15) is 0 Å². The lowest BCUT2D eigenvalue weighted by Gasteiger charge is -2.45. The molecule has 0 amide bonds. The summed E-state index contributed by atoms with van der Waals surface area (Å²) in [6.45, 7) is 3.19. The first kappa shape index (κ1) is 11.9. The summed E-state index contributed by atoms with van der Waals surface area (Å²) in [5.74, 6) is -0.614. The zero-order valence-corrected chi connectivity index (χ0v) is 9.44. The molecule has 5 nitrogen and oxygen atoms in total. The van der Waals surface area contributed by atoms with E-state index >= 15 is 0 Å². The molecule has 0 aromatic heterocycles. The second-order valence-electron chi connectivity index (χ2n) is 3.52. The number of ether oxygens (including phenoxy) is 2. The third kappa shape index (κ3) is 2.07. The summed E-state index contributed by atoms with van der Waals surface area (Å²) in [5.41, 5.74) is -0.268. The lowest BCUT2D eigenvalue weighted by molar-refractivity contribution is -0.308. The molecule has 0 aliphatic carbocycles. The molecule has 5 heteroatoms.